The van der Waals surface area contributed by atoms with Crippen molar-refractivity contribution in [3.63, 3.8) is 0 Å². The van der Waals surface area contributed by atoms with E-state index >= 15 is 0 Å². The molecule has 22 heavy (non-hydrogen) atoms. The maximum atomic E-state index is 12.1. The molecule has 2 rings (SSSR count). The maximum Gasteiger partial charge on any atom is 0.262 e. The SMILES string of the molecule is CCc1cccc(OCC(=O)Nc2ccccc2C(C)C)c1. The van der Waals surface area contributed by atoms with Gasteiger partial charge in [0.15, 0.2) is 6.61 Å². The fourth-order valence-electron chi connectivity index (χ4n) is 2.30. The van der Waals surface area contributed by atoms with Crippen molar-refractivity contribution in [3.05, 3.63) is 59.7 Å². The van der Waals surface area contributed by atoms with Crippen molar-refractivity contribution in [2.75, 3.05) is 11.9 Å². The zero-order chi connectivity index (χ0) is 15.9. The van der Waals surface area contributed by atoms with Gasteiger partial charge in [0.05, 0.1) is 0 Å². The average molecular weight is 297 g/mol. The molecule has 0 unspecified atom stereocenters. The number of aryl methyl sites for hydroxylation is 1. The van der Waals surface area contributed by atoms with E-state index in [2.05, 4.69) is 26.1 Å². The summed E-state index contributed by atoms with van der Waals surface area (Å²) in [7, 11) is 0. The van der Waals surface area contributed by atoms with E-state index < -0.39 is 0 Å². The first-order chi connectivity index (χ1) is 10.6. The van der Waals surface area contributed by atoms with Gasteiger partial charge in [-0.3, -0.25) is 4.79 Å². The van der Waals surface area contributed by atoms with Gasteiger partial charge in [0.25, 0.3) is 5.91 Å². The van der Waals surface area contributed by atoms with Crippen LogP contribution in [0, 0.1) is 0 Å². The van der Waals surface area contributed by atoms with E-state index in [0.29, 0.717) is 5.92 Å². The van der Waals surface area contributed by atoms with Crippen molar-refractivity contribution in [2.45, 2.75) is 33.1 Å². The van der Waals surface area contributed by atoms with Crippen LogP contribution in [0.2, 0.25) is 0 Å². The van der Waals surface area contributed by atoms with Gasteiger partial charge in [-0.25, -0.2) is 0 Å². The molecule has 0 heterocycles. The molecular weight excluding hydrogens is 274 g/mol. The first-order valence-electron chi connectivity index (χ1n) is 7.70. The summed E-state index contributed by atoms with van der Waals surface area (Å²) in [6.45, 7) is 6.32. The Balaban J connectivity index is 1.96. The summed E-state index contributed by atoms with van der Waals surface area (Å²) in [4.78, 5) is 12.1. The smallest absolute Gasteiger partial charge is 0.262 e. The van der Waals surface area contributed by atoms with Crippen LogP contribution in [0.5, 0.6) is 5.75 Å². The van der Waals surface area contributed by atoms with Gasteiger partial charge in [0.1, 0.15) is 5.75 Å². The molecule has 0 atom stereocenters. The van der Waals surface area contributed by atoms with E-state index in [9.17, 15) is 4.79 Å². The fraction of sp³-hybridized carbons (Fsp3) is 0.316. The number of carbonyl (C=O) groups is 1. The van der Waals surface area contributed by atoms with E-state index in [1.54, 1.807) is 0 Å². The predicted molar refractivity (Wildman–Crippen MR) is 90.5 cm³/mol. The topological polar surface area (TPSA) is 38.3 Å². The van der Waals surface area contributed by atoms with Crippen LogP contribution in [0.15, 0.2) is 48.5 Å². The molecule has 0 bridgehead atoms. The van der Waals surface area contributed by atoms with Crippen molar-refractivity contribution in [2.24, 2.45) is 0 Å². The van der Waals surface area contributed by atoms with Gasteiger partial charge in [-0.1, -0.05) is 51.1 Å². The summed E-state index contributed by atoms with van der Waals surface area (Å²) >= 11 is 0. The van der Waals surface area contributed by atoms with E-state index in [0.717, 1.165) is 23.4 Å². The Morgan fingerprint density at radius 1 is 1.14 bits per heavy atom. The minimum absolute atomic E-state index is 0.0135. The van der Waals surface area contributed by atoms with Crippen LogP contribution in [0.3, 0.4) is 0 Å². The summed E-state index contributed by atoms with van der Waals surface area (Å²) in [5, 5.41) is 2.93. The van der Waals surface area contributed by atoms with Crippen LogP contribution >= 0.6 is 0 Å². The maximum absolute atomic E-state index is 12.1. The largest absolute Gasteiger partial charge is 0.484 e. The third kappa shape index (κ3) is 4.35. The van der Waals surface area contributed by atoms with Crippen LogP contribution in [0.4, 0.5) is 5.69 Å². The number of amides is 1. The fourth-order valence-corrected chi connectivity index (χ4v) is 2.30. The Morgan fingerprint density at radius 3 is 2.64 bits per heavy atom. The molecule has 3 heteroatoms. The first-order valence-corrected chi connectivity index (χ1v) is 7.70. The van der Waals surface area contributed by atoms with Gasteiger partial charge in [-0.15, -0.1) is 0 Å². The van der Waals surface area contributed by atoms with Crippen molar-refractivity contribution in [1.82, 2.24) is 0 Å². The Bertz CT molecular complexity index is 635. The highest BCUT2D eigenvalue weighted by atomic mass is 16.5. The lowest BCUT2D eigenvalue weighted by Crippen LogP contribution is -2.21. The molecule has 0 saturated carbocycles. The lowest BCUT2D eigenvalue weighted by atomic mass is 10.0. The van der Waals surface area contributed by atoms with Crippen LogP contribution < -0.4 is 10.1 Å². The first kappa shape index (κ1) is 16.1. The Morgan fingerprint density at radius 2 is 1.91 bits per heavy atom. The van der Waals surface area contributed by atoms with Crippen LogP contribution in [-0.2, 0) is 11.2 Å². The van der Waals surface area contributed by atoms with Crippen molar-refractivity contribution in [1.29, 1.82) is 0 Å². The summed E-state index contributed by atoms with van der Waals surface area (Å²) in [5.41, 5.74) is 3.18. The van der Waals surface area contributed by atoms with Crippen molar-refractivity contribution >= 4 is 11.6 Å². The highest BCUT2D eigenvalue weighted by molar-refractivity contribution is 5.92. The molecule has 2 aromatic rings. The number of para-hydroxylation sites is 1. The normalized spacial score (nSPS) is 10.5. The molecule has 0 aromatic heterocycles. The number of benzene rings is 2. The molecule has 0 aliphatic heterocycles. The van der Waals surface area contributed by atoms with Gasteiger partial charge in [-0.2, -0.15) is 0 Å². The van der Waals surface area contributed by atoms with Gasteiger partial charge < -0.3 is 10.1 Å². The second-order valence-electron chi connectivity index (χ2n) is 5.58. The van der Waals surface area contributed by atoms with E-state index in [4.69, 9.17) is 4.74 Å². The molecule has 1 amide bonds. The summed E-state index contributed by atoms with van der Waals surface area (Å²) < 4.78 is 5.57. The Kier molecular flexibility index (Phi) is 5.59. The molecule has 0 saturated heterocycles. The monoisotopic (exact) mass is 297 g/mol. The predicted octanol–water partition coefficient (Wildman–Crippen LogP) is 4.39. The Hall–Kier alpha value is -2.29. The minimum Gasteiger partial charge on any atom is -0.484 e. The third-order valence-corrected chi connectivity index (χ3v) is 3.53. The second-order valence-corrected chi connectivity index (χ2v) is 5.58. The molecule has 0 aliphatic carbocycles. The minimum atomic E-state index is -0.144. The molecule has 0 aliphatic rings. The van der Waals surface area contributed by atoms with Crippen LogP contribution in [0.25, 0.3) is 0 Å². The molecule has 2 aromatic carbocycles. The standard InChI is InChI=1S/C19H23NO2/c1-4-15-8-7-9-16(12-15)22-13-19(21)20-18-11-6-5-10-17(18)14(2)3/h5-12,14H,4,13H2,1-3H3,(H,20,21). The van der Waals surface area contributed by atoms with Crippen molar-refractivity contribution in [3.8, 4) is 5.75 Å². The number of hydrogen-bond donors (Lipinski definition) is 1. The molecule has 1 N–H and O–H groups in total. The van der Waals surface area contributed by atoms with Crippen LogP contribution in [-0.4, -0.2) is 12.5 Å². The lowest BCUT2D eigenvalue weighted by Gasteiger charge is -2.14. The molecule has 0 radical (unpaired) electrons. The molecule has 0 spiro atoms. The third-order valence-electron chi connectivity index (χ3n) is 3.53. The molecule has 116 valence electrons. The van der Waals surface area contributed by atoms with E-state index in [1.807, 2.05) is 48.5 Å². The van der Waals surface area contributed by atoms with E-state index in [-0.39, 0.29) is 12.5 Å². The summed E-state index contributed by atoms with van der Waals surface area (Å²) in [6, 6.07) is 15.7. The van der Waals surface area contributed by atoms with Crippen molar-refractivity contribution < 1.29 is 9.53 Å². The highest BCUT2D eigenvalue weighted by Crippen LogP contribution is 2.23. The zero-order valence-electron chi connectivity index (χ0n) is 13.4. The summed E-state index contributed by atoms with van der Waals surface area (Å²) in [6.07, 6.45) is 0.950. The number of anilines is 1. The van der Waals surface area contributed by atoms with Crippen LogP contribution in [0.1, 0.15) is 37.8 Å². The van der Waals surface area contributed by atoms with Gasteiger partial charge in [-0.05, 0) is 41.7 Å². The number of ether oxygens (including phenoxy) is 1. The Labute approximate surface area is 132 Å². The molecular formula is C19H23NO2. The second kappa shape index (κ2) is 7.64. The number of rotatable bonds is 6. The number of hydrogen-bond acceptors (Lipinski definition) is 2. The molecule has 0 fully saturated rings. The molecule has 3 nitrogen and oxygen atoms in total. The van der Waals surface area contributed by atoms with Gasteiger partial charge >= 0.3 is 0 Å². The highest BCUT2D eigenvalue weighted by Gasteiger charge is 2.09. The quantitative estimate of drug-likeness (QED) is 0.858. The summed E-state index contributed by atoms with van der Waals surface area (Å²) in [5.74, 6) is 0.945. The lowest BCUT2D eigenvalue weighted by molar-refractivity contribution is -0.118. The zero-order valence-corrected chi connectivity index (χ0v) is 13.4. The average Bonchev–Trinajstić information content (AvgIpc) is 2.53. The van der Waals surface area contributed by atoms with E-state index in [1.165, 1.54) is 5.56 Å². The van der Waals surface area contributed by atoms with Gasteiger partial charge in [0, 0.05) is 5.69 Å². The van der Waals surface area contributed by atoms with Gasteiger partial charge in [0.2, 0.25) is 0 Å². The number of carbonyl (C=O) groups excluding carboxylic acids is 1. The number of nitrogens with one attached hydrogen (secondary N) is 1.